The predicted molar refractivity (Wildman–Crippen MR) is 72.3 cm³/mol. The molecule has 0 bridgehead atoms. The van der Waals surface area contributed by atoms with E-state index < -0.39 is 12.0 Å². The lowest BCUT2D eigenvalue weighted by atomic mass is 10.2. The Kier molecular flexibility index (Phi) is 3.09. The lowest BCUT2D eigenvalue weighted by molar-refractivity contribution is -0.148. The van der Waals surface area contributed by atoms with Gasteiger partial charge in [0.15, 0.2) is 0 Å². The maximum absolute atomic E-state index is 12.4. The summed E-state index contributed by atoms with van der Waals surface area (Å²) in [6.07, 6.45) is 2.27. The fraction of sp³-hybridized carbons (Fsp3) is 0.571. The average Bonchev–Trinajstić information content (AvgIpc) is 2.82. The first-order chi connectivity index (χ1) is 9.08. The Bertz CT molecular complexity index is 525. The number of aliphatic carboxylic acids is 1. The number of thiophene rings is 1. The van der Waals surface area contributed by atoms with E-state index in [9.17, 15) is 9.59 Å². The number of likely N-dealkylation sites (tertiary alicyclic amines) is 1. The quantitative estimate of drug-likeness (QED) is 0.923. The Labute approximate surface area is 116 Å². The molecule has 19 heavy (non-hydrogen) atoms. The van der Waals surface area contributed by atoms with Crippen LogP contribution in [0.25, 0.3) is 0 Å². The molecular formula is C14H17NO3S. The Morgan fingerprint density at radius 1 is 1.42 bits per heavy atom. The largest absolute Gasteiger partial charge is 0.480 e. The highest BCUT2D eigenvalue weighted by Crippen LogP contribution is 2.51. The van der Waals surface area contributed by atoms with Crippen molar-refractivity contribution in [1.29, 1.82) is 0 Å². The van der Waals surface area contributed by atoms with Gasteiger partial charge < -0.3 is 10.0 Å². The van der Waals surface area contributed by atoms with Gasteiger partial charge in [0.05, 0.1) is 0 Å². The van der Waals surface area contributed by atoms with Crippen LogP contribution in [0.2, 0.25) is 0 Å². The summed E-state index contributed by atoms with van der Waals surface area (Å²) in [6.45, 7) is 2.66. The molecule has 1 aliphatic carbocycles. The van der Waals surface area contributed by atoms with Gasteiger partial charge in [0.1, 0.15) is 6.04 Å². The Hall–Kier alpha value is -1.36. The number of hydrogen-bond acceptors (Lipinski definition) is 3. The van der Waals surface area contributed by atoms with Crippen molar-refractivity contribution < 1.29 is 14.7 Å². The van der Waals surface area contributed by atoms with E-state index in [4.69, 9.17) is 5.11 Å². The van der Waals surface area contributed by atoms with Crippen LogP contribution >= 0.6 is 11.3 Å². The van der Waals surface area contributed by atoms with Gasteiger partial charge in [0.25, 0.3) is 0 Å². The van der Waals surface area contributed by atoms with Crippen molar-refractivity contribution in [2.75, 3.05) is 6.54 Å². The van der Waals surface area contributed by atoms with Crippen molar-refractivity contribution in [3.63, 3.8) is 0 Å². The minimum absolute atomic E-state index is 0.0120. The van der Waals surface area contributed by atoms with Crippen molar-refractivity contribution in [3.8, 4) is 0 Å². The second-order valence-electron chi connectivity index (χ2n) is 5.42. The average molecular weight is 279 g/mol. The van der Waals surface area contributed by atoms with E-state index >= 15 is 0 Å². The molecule has 0 radical (unpaired) electrons. The zero-order chi connectivity index (χ0) is 13.6. The Morgan fingerprint density at radius 3 is 2.84 bits per heavy atom. The van der Waals surface area contributed by atoms with Gasteiger partial charge in [-0.2, -0.15) is 0 Å². The first-order valence-electron chi connectivity index (χ1n) is 6.67. The maximum atomic E-state index is 12.4. The van der Waals surface area contributed by atoms with Crippen molar-refractivity contribution >= 4 is 23.2 Å². The molecule has 5 heteroatoms. The van der Waals surface area contributed by atoms with Crippen molar-refractivity contribution in [2.45, 2.75) is 38.1 Å². The van der Waals surface area contributed by atoms with Gasteiger partial charge >= 0.3 is 5.97 Å². The number of amides is 1. The number of hydrogen-bond donors (Lipinski definition) is 1. The molecule has 1 aliphatic heterocycles. The van der Waals surface area contributed by atoms with Crippen LogP contribution in [0.1, 0.15) is 34.9 Å². The van der Waals surface area contributed by atoms with Gasteiger partial charge in [-0.15, -0.1) is 11.3 Å². The maximum Gasteiger partial charge on any atom is 0.326 e. The fourth-order valence-electron chi connectivity index (χ4n) is 2.94. The molecule has 1 saturated carbocycles. The highest BCUT2D eigenvalue weighted by molar-refractivity contribution is 7.12. The second-order valence-corrected chi connectivity index (χ2v) is 6.74. The minimum Gasteiger partial charge on any atom is -0.480 e. The third kappa shape index (κ3) is 2.27. The third-order valence-electron chi connectivity index (χ3n) is 4.06. The van der Waals surface area contributed by atoms with Crippen LogP contribution in [0.3, 0.4) is 0 Å². The molecule has 1 aromatic rings. The first kappa shape index (κ1) is 12.7. The lowest BCUT2D eigenvalue weighted by Crippen LogP contribution is -2.41. The number of rotatable bonds is 3. The summed E-state index contributed by atoms with van der Waals surface area (Å²) in [5.41, 5.74) is 0. The summed E-state index contributed by atoms with van der Waals surface area (Å²) in [6, 6.07) is 3.57. The van der Waals surface area contributed by atoms with Crippen LogP contribution in [-0.2, 0) is 9.59 Å². The van der Waals surface area contributed by atoms with Crippen LogP contribution in [0, 0.1) is 12.8 Å². The normalized spacial score (nSPS) is 29.5. The smallest absolute Gasteiger partial charge is 0.326 e. The highest BCUT2D eigenvalue weighted by atomic mass is 32.1. The Balaban J connectivity index is 1.68. The summed E-state index contributed by atoms with van der Waals surface area (Å²) < 4.78 is 0. The van der Waals surface area contributed by atoms with E-state index in [1.165, 1.54) is 9.75 Å². The first-order valence-corrected chi connectivity index (χ1v) is 7.49. The molecule has 0 spiro atoms. The van der Waals surface area contributed by atoms with Gasteiger partial charge in [0, 0.05) is 28.1 Å². The molecule has 0 unspecified atom stereocenters. The van der Waals surface area contributed by atoms with Gasteiger partial charge in [-0.3, -0.25) is 4.79 Å². The van der Waals surface area contributed by atoms with Crippen LogP contribution in [0.15, 0.2) is 12.1 Å². The van der Waals surface area contributed by atoms with E-state index in [0.717, 1.165) is 12.8 Å². The number of carbonyl (C=O) groups excluding carboxylic acids is 1. The molecular weight excluding hydrogens is 262 g/mol. The molecule has 0 aromatic carbocycles. The summed E-state index contributed by atoms with van der Waals surface area (Å²) in [5, 5.41) is 9.13. The van der Waals surface area contributed by atoms with Gasteiger partial charge in [-0.1, -0.05) is 0 Å². The topological polar surface area (TPSA) is 57.6 Å². The molecule has 3 rings (SSSR count). The number of carbonyl (C=O) groups is 2. The summed E-state index contributed by atoms with van der Waals surface area (Å²) in [4.78, 5) is 27.6. The number of aryl methyl sites for hydroxylation is 1. The van der Waals surface area contributed by atoms with Crippen molar-refractivity contribution in [2.24, 2.45) is 5.92 Å². The Morgan fingerprint density at radius 2 is 2.21 bits per heavy atom. The van der Waals surface area contributed by atoms with Crippen molar-refractivity contribution in [3.05, 3.63) is 21.9 Å². The third-order valence-corrected chi connectivity index (χ3v) is 5.19. The predicted octanol–water partition coefficient (Wildman–Crippen LogP) is 2.24. The van der Waals surface area contributed by atoms with E-state index in [1.807, 2.05) is 0 Å². The summed E-state index contributed by atoms with van der Waals surface area (Å²) in [7, 11) is 0. The molecule has 2 fully saturated rings. The molecule has 102 valence electrons. The lowest BCUT2D eigenvalue weighted by Gasteiger charge is -2.21. The molecule has 1 saturated heterocycles. The number of carboxylic acids is 1. The highest BCUT2D eigenvalue weighted by Gasteiger charge is 2.49. The van der Waals surface area contributed by atoms with Gasteiger partial charge in [0.2, 0.25) is 5.91 Å². The van der Waals surface area contributed by atoms with E-state index in [1.54, 1.807) is 16.2 Å². The molecule has 2 aliphatic rings. The summed E-state index contributed by atoms with van der Waals surface area (Å²) in [5.74, 6) is -0.491. The molecule has 1 amide bonds. The van der Waals surface area contributed by atoms with Crippen LogP contribution in [0.5, 0.6) is 0 Å². The second kappa shape index (κ2) is 4.63. The SMILES string of the molecule is Cc1ccc([C@H]2C[C@@H]2C(=O)N2CCC[C@@H]2C(=O)O)s1. The van der Waals surface area contributed by atoms with E-state index in [0.29, 0.717) is 18.9 Å². The van der Waals surface area contributed by atoms with Crippen LogP contribution < -0.4 is 0 Å². The zero-order valence-corrected chi connectivity index (χ0v) is 11.7. The molecule has 2 heterocycles. The standard InChI is InChI=1S/C14H17NO3S/c1-8-4-5-12(19-8)9-7-10(9)13(16)15-6-2-3-11(15)14(17)18/h4-5,9-11H,2-3,6-7H2,1H3,(H,17,18)/t9-,10-,11+/m0/s1. The zero-order valence-electron chi connectivity index (χ0n) is 10.8. The van der Waals surface area contributed by atoms with Gasteiger partial charge in [-0.05, 0) is 38.3 Å². The van der Waals surface area contributed by atoms with Gasteiger partial charge in [-0.25, -0.2) is 4.79 Å². The molecule has 1 aromatic heterocycles. The minimum atomic E-state index is -0.866. The molecule has 1 N–H and O–H groups in total. The summed E-state index contributed by atoms with van der Waals surface area (Å²) >= 11 is 1.74. The number of carboxylic acid groups (broad SMARTS) is 1. The van der Waals surface area contributed by atoms with E-state index in [2.05, 4.69) is 19.1 Å². The fourth-order valence-corrected chi connectivity index (χ4v) is 3.99. The van der Waals surface area contributed by atoms with E-state index in [-0.39, 0.29) is 11.8 Å². The molecule has 4 nitrogen and oxygen atoms in total. The van der Waals surface area contributed by atoms with Crippen LogP contribution in [-0.4, -0.2) is 34.5 Å². The monoisotopic (exact) mass is 279 g/mol. The number of nitrogens with zero attached hydrogens (tertiary/aromatic N) is 1. The van der Waals surface area contributed by atoms with Crippen molar-refractivity contribution in [1.82, 2.24) is 4.90 Å². The molecule has 3 atom stereocenters. The van der Waals surface area contributed by atoms with Crippen LogP contribution in [0.4, 0.5) is 0 Å².